The molecule has 1 amide bonds. The molecular weight excluding hydrogens is 355 g/mol. The summed E-state index contributed by atoms with van der Waals surface area (Å²) in [6.45, 7) is 5.18. The van der Waals surface area contributed by atoms with Crippen molar-refractivity contribution < 1.29 is 9.18 Å². The van der Waals surface area contributed by atoms with Crippen molar-refractivity contribution in [1.29, 1.82) is 0 Å². The number of nitrogens with zero attached hydrogens (tertiary/aromatic N) is 2. The van der Waals surface area contributed by atoms with Gasteiger partial charge in [-0.1, -0.05) is 12.1 Å². The van der Waals surface area contributed by atoms with Crippen LogP contribution in [0.1, 0.15) is 28.9 Å². The van der Waals surface area contributed by atoms with Gasteiger partial charge >= 0.3 is 0 Å². The maximum atomic E-state index is 13.8. The summed E-state index contributed by atoms with van der Waals surface area (Å²) in [5.41, 5.74) is 4.22. The number of amides is 1. The fourth-order valence-electron chi connectivity index (χ4n) is 4.29. The van der Waals surface area contributed by atoms with E-state index in [9.17, 15) is 9.18 Å². The van der Waals surface area contributed by atoms with Crippen molar-refractivity contribution in [3.05, 3.63) is 66.2 Å². The maximum absolute atomic E-state index is 13.8. The Bertz CT molecular complexity index is 1050. The molecule has 1 saturated heterocycles. The van der Waals surface area contributed by atoms with Crippen LogP contribution in [-0.4, -0.2) is 34.9 Å². The van der Waals surface area contributed by atoms with E-state index < -0.39 is 0 Å². The predicted octanol–water partition coefficient (Wildman–Crippen LogP) is 4.27. The largest absolute Gasteiger partial charge is 0.360 e. The number of nitrogens with one attached hydrogen (secondary N) is 2. The topological polar surface area (TPSA) is 51.4 Å². The first-order valence-corrected chi connectivity index (χ1v) is 9.66. The second-order valence-corrected chi connectivity index (χ2v) is 7.54. The number of aromatic amines is 1. The molecule has 2 N–H and O–H groups in total. The first-order chi connectivity index (χ1) is 13.6. The number of carbonyl (C=O) groups excluding carboxylic acids is 1. The summed E-state index contributed by atoms with van der Waals surface area (Å²) < 4.78 is 13.8. The van der Waals surface area contributed by atoms with E-state index in [1.165, 1.54) is 11.8 Å². The maximum Gasteiger partial charge on any atom is 0.270 e. The number of hydrogen-bond acceptors (Lipinski definition) is 3. The minimum atomic E-state index is -0.248. The van der Waals surface area contributed by atoms with Crippen LogP contribution in [-0.2, 0) is 0 Å². The third-order valence-electron chi connectivity index (χ3n) is 5.92. The predicted molar refractivity (Wildman–Crippen MR) is 109 cm³/mol. The number of carbonyl (C=O) groups is 1. The van der Waals surface area contributed by atoms with Gasteiger partial charge in [0, 0.05) is 30.0 Å². The molecule has 5 nitrogen and oxygen atoms in total. The first-order valence-electron chi connectivity index (χ1n) is 9.66. The second-order valence-electron chi connectivity index (χ2n) is 7.54. The van der Waals surface area contributed by atoms with Gasteiger partial charge in [0.15, 0.2) is 0 Å². The molecule has 143 valence electrons. The van der Waals surface area contributed by atoms with Gasteiger partial charge in [0.05, 0.1) is 11.4 Å². The molecule has 28 heavy (non-hydrogen) atoms. The van der Waals surface area contributed by atoms with Crippen LogP contribution in [0.2, 0.25) is 0 Å². The van der Waals surface area contributed by atoms with E-state index in [4.69, 9.17) is 0 Å². The second kappa shape index (κ2) is 6.55. The van der Waals surface area contributed by atoms with Crippen molar-refractivity contribution in [3.8, 4) is 0 Å². The van der Waals surface area contributed by atoms with Crippen LogP contribution in [0.15, 0.2) is 42.5 Å². The van der Waals surface area contributed by atoms with Crippen LogP contribution in [0.25, 0.3) is 10.9 Å². The lowest BCUT2D eigenvalue weighted by Crippen LogP contribution is -2.45. The zero-order valence-corrected chi connectivity index (χ0v) is 15.7. The standard InChI is InChI=1S/C22H22FN4O/c1-14-16-12-20(25-18(16)7-6-17(14)23)22(28)26-10-8-15(9-11-26)27-13-24-19-4-2-3-5-21(19)27/h2-7,12-13,15,24-25H,8-11H2,1H3. The average molecular weight is 377 g/mol. The summed E-state index contributed by atoms with van der Waals surface area (Å²) in [6, 6.07) is 13.5. The summed E-state index contributed by atoms with van der Waals surface area (Å²) in [4.78, 5) is 20.3. The molecule has 0 aliphatic carbocycles. The fraction of sp³-hybridized carbons (Fsp3) is 0.273. The van der Waals surface area contributed by atoms with Gasteiger partial charge in [0.2, 0.25) is 0 Å². The number of para-hydroxylation sites is 2. The Hall–Kier alpha value is -3.02. The number of H-pyrrole nitrogens is 1. The summed E-state index contributed by atoms with van der Waals surface area (Å²) in [5, 5.41) is 4.09. The SMILES string of the molecule is Cc1c(F)ccc2[nH]c(C(=O)N3CCC(N4[CH]Nc5ccccc54)CC3)cc12. The minimum Gasteiger partial charge on any atom is -0.360 e. The summed E-state index contributed by atoms with van der Waals surface area (Å²) in [5.74, 6) is -0.263. The van der Waals surface area contributed by atoms with Crippen molar-refractivity contribution in [2.45, 2.75) is 25.8 Å². The Balaban J connectivity index is 1.30. The van der Waals surface area contributed by atoms with E-state index in [2.05, 4.69) is 27.3 Å². The number of rotatable bonds is 2. The van der Waals surface area contributed by atoms with Gasteiger partial charge in [0.1, 0.15) is 18.2 Å². The molecule has 2 aliphatic rings. The molecule has 2 aliphatic heterocycles. The van der Waals surface area contributed by atoms with Crippen molar-refractivity contribution in [2.75, 3.05) is 23.3 Å². The molecule has 0 unspecified atom stereocenters. The lowest BCUT2D eigenvalue weighted by atomic mass is 10.0. The van der Waals surface area contributed by atoms with E-state index >= 15 is 0 Å². The number of anilines is 2. The number of aromatic nitrogens is 1. The third-order valence-corrected chi connectivity index (χ3v) is 5.92. The van der Waals surface area contributed by atoms with Gasteiger partial charge in [-0.2, -0.15) is 0 Å². The van der Waals surface area contributed by atoms with Crippen LogP contribution < -0.4 is 10.2 Å². The molecule has 1 aromatic heterocycles. The zero-order valence-electron chi connectivity index (χ0n) is 15.7. The Morgan fingerprint density at radius 1 is 1.14 bits per heavy atom. The van der Waals surface area contributed by atoms with E-state index in [-0.39, 0.29) is 11.7 Å². The normalized spacial score (nSPS) is 17.1. The van der Waals surface area contributed by atoms with Crippen LogP contribution in [0.4, 0.5) is 15.8 Å². The van der Waals surface area contributed by atoms with Crippen molar-refractivity contribution in [1.82, 2.24) is 9.88 Å². The van der Waals surface area contributed by atoms with E-state index in [0.29, 0.717) is 30.4 Å². The van der Waals surface area contributed by atoms with Gasteiger partial charge < -0.3 is 20.1 Å². The summed E-state index contributed by atoms with van der Waals surface area (Å²) >= 11 is 0. The van der Waals surface area contributed by atoms with Gasteiger partial charge in [0.25, 0.3) is 5.91 Å². The lowest BCUT2D eigenvalue weighted by molar-refractivity contribution is 0.0709. The van der Waals surface area contributed by atoms with Gasteiger partial charge in [-0.15, -0.1) is 0 Å². The highest BCUT2D eigenvalue weighted by atomic mass is 19.1. The molecule has 3 aromatic rings. The van der Waals surface area contributed by atoms with Crippen molar-refractivity contribution in [3.63, 3.8) is 0 Å². The number of benzene rings is 2. The number of fused-ring (bicyclic) bond motifs is 2. The van der Waals surface area contributed by atoms with Crippen molar-refractivity contribution in [2.24, 2.45) is 0 Å². The highest BCUT2D eigenvalue weighted by Crippen LogP contribution is 2.36. The quantitative estimate of drug-likeness (QED) is 0.701. The summed E-state index contributed by atoms with van der Waals surface area (Å²) in [7, 11) is 0. The number of likely N-dealkylation sites (tertiary alicyclic amines) is 1. The number of aryl methyl sites for hydroxylation is 1. The van der Waals surface area contributed by atoms with Crippen molar-refractivity contribution >= 4 is 28.2 Å². The Kier molecular flexibility index (Phi) is 4.00. The molecule has 6 heteroatoms. The van der Waals surface area contributed by atoms with Gasteiger partial charge in [-0.3, -0.25) is 4.79 Å². The Labute approximate surface area is 163 Å². The molecule has 3 heterocycles. The summed E-state index contributed by atoms with van der Waals surface area (Å²) in [6.07, 6.45) is 1.82. The lowest BCUT2D eigenvalue weighted by Gasteiger charge is -2.37. The van der Waals surface area contributed by atoms with Crippen LogP contribution >= 0.6 is 0 Å². The molecular formula is C22H22FN4O. The highest BCUT2D eigenvalue weighted by Gasteiger charge is 2.31. The monoisotopic (exact) mass is 377 g/mol. The zero-order chi connectivity index (χ0) is 19.3. The molecule has 0 bridgehead atoms. The smallest absolute Gasteiger partial charge is 0.270 e. The van der Waals surface area contributed by atoms with E-state index in [1.807, 2.05) is 23.7 Å². The molecule has 0 atom stereocenters. The van der Waals surface area contributed by atoms with Crippen LogP contribution in [0.3, 0.4) is 0 Å². The average Bonchev–Trinajstić information content (AvgIpc) is 3.35. The Morgan fingerprint density at radius 2 is 1.93 bits per heavy atom. The molecule has 0 spiro atoms. The molecule has 2 aromatic carbocycles. The van der Waals surface area contributed by atoms with E-state index in [0.717, 1.165) is 29.4 Å². The number of halogens is 1. The van der Waals surface area contributed by atoms with Crippen LogP contribution in [0, 0.1) is 19.4 Å². The Morgan fingerprint density at radius 3 is 2.75 bits per heavy atom. The van der Waals surface area contributed by atoms with Crippen LogP contribution in [0.5, 0.6) is 0 Å². The molecule has 1 fully saturated rings. The molecule has 5 rings (SSSR count). The first kappa shape index (κ1) is 17.1. The van der Waals surface area contributed by atoms with Gasteiger partial charge in [-0.05, 0) is 55.7 Å². The fourth-order valence-corrected chi connectivity index (χ4v) is 4.29. The molecule has 0 saturated carbocycles. The minimum absolute atomic E-state index is 0.0154. The van der Waals surface area contributed by atoms with E-state index in [1.54, 1.807) is 19.1 Å². The molecule has 1 radical (unpaired) electrons. The third kappa shape index (κ3) is 2.71. The highest BCUT2D eigenvalue weighted by molar-refractivity contribution is 5.99. The number of piperidine rings is 1. The number of hydrogen-bond donors (Lipinski definition) is 2. The van der Waals surface area contributed by atoms with Gasteiger partial charge in [-0.25, -0.2) is 4.39 Å².